The molecule has 0 spiro atoms. The average Bonchev–Trinajstić information content (AvgIpc) is 2.53. The van der Waals surface area contributed by atoms with Crippen LogP contribution in [0.15, 0.2) is 42.5 Å². The highest BCUT2D eigenvalue weighted by Crippen LogP contribution is 2.19. The lowest BCUT2D eigenvalue weighted by atomic mass is 9.93. The van der Waals surface area contributed by atoms with Crippen LogP contribution >= 0.6 is 0 Å². The molecule has 1 rings (SSSR count). The molecule has 0 radical (unpaired) electrons. The zero-order chi connectivity index (χ0) is 16.4. The minimum absolute atomic E-state index is 0.209. The van der Waals surface area contributed by atoms with Gasteiger partial charge in [0.15, 0.2) is 5.78 Å². The van der Waals surface area contributed by atoms with Crippen LogP contribution in [0.25, 0.3) is 0 Å². The van der Waals surface area contributed by atoms with Crippen molar-refractivity contribution in [2.75, 3.05) is 0 Å². The van der Waals surface area contributed by atoms with Gasteiger partial charge >= 0.3 is 0 Å². The third-order valence-corrected chi connectivity index (χ3v) is 4.11. The molecule has 0 fully saturated rings. The van der Waals surface area contributed by atoms with Crippen LogP contribution in [-0.4, -0.2) is 5.78 Å². The Bertz CT molecular complexity index is 523. The number of aryl methyl sites for hydroxylation is 2. The third kappa shape index (κ3) is 6.01. The Hall–Kier alpha value is -1.63. The number of carbonyl (C=O) groups excluding carboxylic acids is 1. The maximum atomic E-state index is 12.6. The summed E-state index contributed by atoms with van der Waals surface area (Å²) in [6.07, 6.45) is 11.5. The lowest BCUT2D eigenvalue weighted by molar-refractivity contribution is 0.0992. The van der Waals surface area contributed by atoms with Crippen molar-refractivity contribution in [2.45, 2.75) is 65.7 Å². The molecule has 0 unspecified atom stereocenters. The normalized spacial score (nSPS) is 11.5. The monoisotopic (exact) mass is 298 g/mol. The number of unbranched alkanes of at least 4 members (excludes halogenated alkanes) is 4. The van der Waals surface area contributed by atoms with E-state index in [4.69, 9.17) is 0 Å². The van der Waals surface area contributed by atoms with E-state index in [1.807, 2.05) is 26.0 Å². The Morgan fingerprint density at radius 1 is 1.18 bits per heavy atom. The predicted octanol–water partition coefficient (Wildman–Crippen LogP) is 6.21. The molecule has 0 heterocycles. The fourth-order valence-electron chi connectivity index (χ4n) is 2.66. The van der Waals surface area contributed by atoms with E-state index < -0.39 is 0 Å². The second-order valence-electron chi connectivity index (χ2n) is 5.99. The van der Waals surface area contributed by atoms with Crippen molar-refractivity contribution in [3.63, 3.8) is 0 Å². The second kappa shape index (κ2) is 10.2. The molecule has 0 saturated carbocycles. The molecule has 22 heavy (non-hydrogen) atoms. The van der Waals surface area contributed by atoms with E-state index in [1.54, 1.807) is 6.08 Å². The second-order valence-corrected chi connectivity index (χ2v) is 5.99. The fraction of sp³-hybridized carbons (Fsp3) is 0.476. The summed E-state index contributed by atoms with van der Waals surface area (Å²) in [4.78, 5) is 12.6. The average molecular weight is 298 g/mol. The highest BCUT2D eigenvalue weighted by Gasteiger charge is 2.12. The van der Waals surface area contributed by atoms with E-state index in [-0.39, 0.29) is 5.78 Å². The Balaban J connectivity index is 2.77. The van der Waals surface area contributed by atoms with E-state index in [2.05, 4.69) is 25.6 Å². The van der Waals surface area contributed by atoms with Crippen molar-refractivity contribution in [3.8, 4) is 0 Å². The van der Waals surface area contributed by atoms with Crippen LogP contribution in [0.5, 0.6) is 0 Å². The Kier molecular flexibility index (Phi) is 8.50. The lowest BCUT2D eigenvalue weighted by Gasteiger charge is -2.10. The van der Waals surface area contributed by atoms with Crippen LogP contribution in [0.1, 0.15) is 73.9 Å². The molecule has 0 aliphatic carbocycles. The fourth-order valence-corrected chi connectivity index (χ4v) is 2.66. The molecule has 0 atom stereocenters. The van der Waals surface area contributed by atoms with Gasteiger partial charge in [-0.2, -0.15) is 0 Å². The molecule has 0 aromatic heterocycles. The molecule has 0 aliphatic heterocycles. The molecule has 1 nitrogen and oxygen atoms in total. The molecule has 0 bridgehead atoms. The molecule has 0 N–H and O–H groups in total. The maximum Gasteiger partial charge on any atom is 0.167 e. The van der Waals surface area contributed by atoms with E-state index in [9.17, 15) is 4.79 Å². The highest BCUT2D eigenvalue weighted by atomic mass is 16.1. The molecule has 1 aromatic carbocycles. The molecule has 1 heteroatoms. The number of carbonyl (C=O) groups is 1. The van der Waals surface area contributed by atoms with Crippen LogP contribution in [0.4, 0.5) is 0 Å². The quantitative estimate of drug-likeness (QED) is 0.285. The Morgan fingerprint density at radius 3 is 2.55 bits per heavy atom. The summed E-state index contributed by atoms with van der Waals surface area (Å²) in [7, 11) is 0. The first-order valence-electron chi connectivity index (χ1n) is 8.52. The zero-order valence-electron chi connectivity index (χ0n) is 14.5. The van der Waals surface area contributed by atoms with Crippen LogP contribution in [0.2, 0.25) is 0 Å². The van der Waals surface area contributed by atoms with Gasteiger partial charge in [-0.05, 0) is 43.9 Å². The smallest absolute Gasteiger partial charge is 0.167 e. The highest BCUT2D eigenvalue weighted by molar-refractivity contribution is 5.99. The summed E-state index contributed by atoms with van der Waals surface area (Å²) in [5, 5.41) is 0. The van der Waals surface area contributed by atoms with Crippen LogP contribution in [0.3, 0.4) is 0 Å². The number of hydrogen-bond acceptors (Lipinski definition) is 1. The standard InChI is InChI=1S/C21H30O/c1-5-8-9-10-11-12-19-14-13-17(4)15-20(19)21(22)16-18(6-2)7-3/h6-7,13-15H,2,5,8-12,16H2,1,3-4H3/b18-7+. The molecule has 1 aromatic rings. The molecule has 120 valence electrons. The van der Waals surface area contributed by atoms with Crippen molar-refractivity contribution in [2.24, 2.45) is 0 Å². The largest absolute Gasteiger partial charge is 0.294 e. The minimum Gasteiger partial charge on any atom is -0.294 e. The first-order chi connectivity index (χ1) is 10.6. The number of allylic oxidation sites excluding steroid dienone is 3. The molecular weight excluding hydrogens is 268 g/mol. The summed E-state index contributed by atoms with van der Waals surface area (Å²) in [6, 6.07) is 6.29. The number of ketones is 1. The van der Waals surface area contributed by atoms with Gasteiger partial charge in [-0.25, -0.2) is 0 Å². The van der Waals surface area contributed by atoms with Gasteiger partial charge in [0.05, 0.1) is 0 Å². The van der Waals surface area contributed by atoms with Gasteiger partial charge in [-0.3, -0.25) is 4.79 Å². The van der Waals surface area contributed by atoms with Crippen molar-refractivity contribution in [1.82, 2.24) is 0 Å². The summed E-state index contributed by atoms with van der Waals surface area (Å²) in [5.41, 5.74) is 4.25. The number of Topliss-reactive ketones (excluding diaryl/α,β-unsaturated/α-hetero) is 1. The molecule has 0 amide bonds. The lowest BCUT2D eigenvalue weighted by Crippen LogP contribution is -2.05. The summed E-state index contributed by atoms with van der Waals surface area (Å²) >= 11 is 0. The third-order valence-electron chi connectivity index (χ3n) is 4.11. The first-order valence-corrected chi connectivity index (χ1v) is 8.52. The summed E-state index contributed by atoms with van der Waals surface area (Å²) in [5.74, 6) is 0.209. The number of benzene rings is 1. The van der Waals surface area contributed by atoms with Crippen molar-refractivity contribution in [1.29, 1.82) is 0 Å². The van der Waals surface area contributed by atoms with Crippen LogP contribution in [-0.2, 0) is 6.42 Å². The molecular formula is C21H30O. The van der Waals surface area contributed by atoms with Gasteiger partial charge in [0, 0.05) is 12.0 Å². The first kappa shape index (κ1) is 18.4. The van der Waals surface area contributed by atoms with E-state index in [1.165, 1.54) is 37.7 Å². The summed E-state index contributed by atoms with van der Waals surface area (Å²) in [6.45, 7) is 10.0. The predicted molar refractivity (Wildman–Crippen MR) is 96.5 cm³/mol. The molecule has 0 aliphatic rings. The maximum absolute atomic E-state index is 12.6. The van der Waals surface area contributed by atoms with Gasteiger partial charge in [0.1, 0.15) is 0 Å². The minimum atomic E-state index is 0.209. The van der Waals surface area contributed by atoms with Gasteiger partial charge < -0.3 is 0 Å². The Labute approximate surface area is 136 Å². The van der Waals surface area contributed by atoms with Gasteiger partial charge in [-0.15, -0.1) is 0 Å². The summed E-state index contributed by atoms with van der Waals surface area (Å²) < 4.78 is 0. The SMILES string of the molecule is C=C/C(=C\C)CC(=O)c1cc(C)ccc1CCCCCCC. The topological polar surface area (TPSA) is 17.1 Å². The number of hydrogen-bond donors (Lipinski definition) is 0. The zero-order valence-corrected chi connectivity index (χ0v) is 14.5. The van der Waals surface area contributed by atoms with Gasteiger partial charge in [0.2, 0.25) is 0 Å². The molecule has 0 saturated heterocycles. The Morgan fingerprint density at radius 2 is 1.91 bits per heavy atom. The van der Waals surface area contributed by atoms with Crippen LogP contribution < -0.4 is 0 Å². The number of rotatable bonds is 10. The van der Waals surface area contributed by atoms with E-state index in [0.717, 1.165) is 23.1 Å². The van der Waals surface area contributed by atoms with Crippen molar-refractivity contribution in [3.05, 3.63) is 59.2 Å². The van der Waals surface area contributed by atoms with Gasteiger partial charge in [-0.1, -0.05) is 69.0 Å². The van der Waals surface area contributed by atoms with Crippen LogP contribution in [0, 0.1) is 6.92 Å². The van der Waals surface area contributed by atoms with Crippen molar-refractivity contribution < 1.29 is 4.79 Å². The van der Waals surface area contributed by atoms with Crippen molar-refractivity contribution >= 4 is 5.78 Å². The van der Waals surface area contributed by atoms with Gasteiger partial charge in [0.25, 0.3) is 0 Å². The van der Waals surface area contributed by atoms with E-state index in [0.29, 0.717) is 6.42 Å². The van der Waals surface area contributed by atoms with E-state index >= 15 is 0 Å².